The summed E-state index contributed by atoms with van der Waals surface area (Å²) in [7, 11) is 0. The van der Waals surface area contributed by atoms with Gasteiger partial charge in [0, 0.05) is 22.6 Å². The third-order valence-corrected chi connectivity index (χ3v) is 8.07. The van der Waals surface area contributed by atoms with Gasteiger partial charge in [-0.3, -0.25) is 4.79 Å². The number of hydrogen-bond donors (Lipinski definition) is 1. The minimum atomic E-state index is -0.490. The van der Waals surface area contributed by atoms with Crippen LogP contribution in [0.4, 0.5) is 4.79 Å². The fourth-order valence-corrected chi connectivity index (χ4v) is 5.89. The van der Waals surface area contributed by atoms with Crippen molar-refractivity contribution in [2.45, 2.75) is 57.4 Å². The summed E-state index contributed by atoms with van der Waals surface area (Å²) in [5, 5.41) is 0.356. The van der Waals surface area contributed by atoms with Crippen LogP contribution in [0.25, 0.3) is 0 Å². The molecule has 2 saturated carbocycles. The van der Waals surface area contributed by atoms with Crippen molar-refractivity contribution in [2.24, 2.45) is 16.7 Å². The molecule has 5 atom stereocenters. The first-order valence-electron chi connectivity index (χ1n) is 9.13. The lowest BCUT2D eigenvalue weighted by molar-refractivity contribution is -0.131. The molecule has 1 aromatic carbocycles. The zero-order valence-corrected chi connectivity index (χ0v) is 16.9. The first kappa shape index (κ1) is 18.2. The van der Waals surface area contributed by atoms with E-state index in [2.05, 4.69) is 33.4 Å². The summed E-state index contributed by atoms with van der Waals surface area (Å²) in [5.41, 5.74) is 0.865. The molecule has 140 valence electrons. The molecule has 1 aliphatic heterocycles. The predicted molar refractivity (Wildman–Crippen MR) is 103 cm³/mol. The van der Waals surface area contributed by atoms with Crippen molar-refractivity contribution < 1.29 is 14.3 Å². The van der Waals surface area contributed by atoms with Gasteiger partial charge in [0.1, 0.15) is 6.10 Å². The lowest BCUT2D eigenvalue weighted by Gasteiger charge is -2.40. The van der Waals surface area contributed by atoms with Crippen molar-refractivity contribution in [3.63, 3.8) is 0 Å². The molecule has 4 nitrogen and oxygen atoms in total. The maximum atomic E-state index is 13.0. The van der Waals surface area contributed by atoms with Crippen molar-refractivity contribution in [3.8, 4) is 0 Å². The Bertz CT molecular complexity index is 765. The first-order chi connectivity index (χ1) is 12.2. The minimum absolute atomic E-state index is 0.0537. The van der Waals surface area contributed by atoms with Gasteiger partial charge in [-0.05, 0) is 41.4 Å². The van der Waals surface area contributed by atoms with Gasteiger partial charge >= 0.3 is 6.09 Å². The van der Waals surface area contributed by atoms with E-state index in [1.54, 1.807) is 12.1 Å². The van der Waals surface area contributed by atoms with Crippen LogP contribution in [0.2, 0.25) is 5.02 Å². The fourth-order valence-electron chi connectivity index (χ4n) is 5.44. The molecule has 3 aliphatic rings. The standard InChI is InChI=1S/C20H24ClNO3S/c1-19(2)13-8-9-20(19,3)17-16(13)25-18(24)22(17)15(23)10-14(26)11-4-6-12(21)7-5-11/h4-7,13-14,16-17,26H,8-10H2,1-3H3/t13-,14-,16-,17-,20+/m1/s1. The monoisotopic (exact) mass is 393 g/mol. The zero-order chi connectivity index (χ0) is 18.9. The molecule has 2 amide bonds. The van der Waals surface area contributed by atoms with Gasteiger partial charge in [0.25, 0.3) is 0 Å². The highest BCUT2D eigenvalue weighted by atomic mass is 35.5. The van der Waals surface area contributed by atoms with Crippen LogP contribution in [0.3, 0.4) is 0 Å². The summed E-state index contributed by atoms with van der Waals surface area (Å²) in [5.74, 6) is 0.115. The van der Waals surface area contributed by atoms with Gasteiger partial charge in [0.05, 0.1) is 6.04 Å². The van der Waals surface area contributed by atoms with Gasteiger partial charge in [-0.2, -0.15) is 12.6 Å². The number of benzene rings is 1. The van der Waals surface area contributed by atoms with Gasteiger partial charge in [-0.15, -0.1) is 0 Å². The number of hydrogen-bond acceptors (Lipinski definition) is 4. The quantitative estimate of drug-likeness (QED) is 0.745. The topological polar surface area (TPSA) is 46.6 Å². The summed E-state index contributed by atoms with van der Waals surface area (Å²) in [6.07, 6.45) is 1.57. The number of ether oxygens (including phenoxy) is 1. The van der Waals surface area contributed by atoms with Crippen LogP contribution in [0.1, 0.15) is 50.8 Å². The molecule has 26 heavy (non-hydrogen) atoms. The number of nitrogens with zero attached hydrogens (tertiary/aromatic N) is 1. The van der Waals surface area contributed by atoms with Gasteiger partial charge < -0.3 is 4.74 Å². The Balaban J connectivity index is 1.56. The van der Waals surface area contributed by atoms with E-state index < -0.39 is 6.09 Å². The van der Waals surface area contributed by atoms with E-state index in [1.165, 1.54) is 4.90 Å². The van der Waals surface area contributed by atoms with Gasteiger partial charge in [0.2, 0.25) is 5.91 Å². The minimum Gasteiger partial charge on any atom is -0.443 e. The number of imide groups is 1. The van der Waals surface area contributed by atoms with Crippen molar-refractivity contribution in [1.29, 1.82) is 0 Å². The van der Waals surface area contributed by atoms with E-state index >= 15 is 0 Å². The Kier molecular flexibility index (Phi) is 4.12. The molecule has 4 rings (SSSR count). The summed E-state index contributed by atoms with van der Waals surface area (Å²) >= 11 is 10.5. The fraction of sp³-hybridized carbons (Fsp3) is 0.600. The summed E-state index contributed by atoms with van der Waals surface area (Å²) in [6.45, 7) is 6.69. The number of halogens is 1. The van der Waals surface area contributed by atoms with Crippen molar-refractivity contribution in [2.75, 3.05) is 0 Å². The van der Waals surface area contributed by atoms with Crippen LogP contribution in [0.15, 0.2) is 24.3 Å². The summed E-state index contributed by atoms with van der Waals surface area (Å²) in [4.78, 5) is 26.9. The van der Waals surface area contributed by atoms with Gasteiger partial charge in [0.15, 0.2) is 0 Å². The molecule has 0 N–H and O–H groups in total. The maximum absolute atomic E-state index is 13.0. The van der Waals surface area contributed by atoms with Gasteiger partial charge in [-0.1, -0.05) is 44.5 Å². The Labute approximate surface area is 164 Å². The SMILES string of the molecule is CC1(C)[C@@H]2CC[C@@]1(C)[C@H]1[C@@H]2OC(=O)N1C(=O)C[C@@H](S)c1ccc(Cl)cc1. The van der Waals surface area contributed by atoms with E-state index in [4.69, 9.17) is 16.3 Å². The predicted octanol–water partition coefficient (Wildman–Crippen LogP) is 4.87. The Morgan fingerprint density at radius 2 is 2.00 bits per heavy atom. The third kappa shape index (κ3) is 2.36. The first-order valence-corrected chi connectivity index (χ1v) is 10.0. The van der Waals surface area contributed by atoms with Crippen LogP contribution in [0.5, 0.6) is 0 Å². The van der Waals surface area contributed by atoms with E-state index in [0.717, 1.165) is 18.4 Å². The molecule has 2 aliphatic carbocycles. The Morgan fingerprint density at radius 3 is 2.65 bits per heavy atom. The average Bonchev–Trinajstić information content (AvgIpc) is 3.08. The number of rotatable bonds is 3. The number of amides is 2. The summed E-state index contributed by atoms with van der Waals surface area (Å²) < 4.78 is 5.68. The number of carbonyl (C=O) groups is 2. The highest BCUT2D eigenvalue weighted by molar-refractivity contribution is 7.80. The van der Waals surface area contributed by atoms with E-state index in [9.17, 15) is 9.59 Å². The average molecular weight is 394 g/mol. The van der Waals surface area contributed by atoms with E-state index in [1.807, 2.05) is 12.1 Å². The normalized spacial score (nSPS) is 35.3. The number of fused-ring (bicyclic) bond motifs is 5. The molecule has 6 heteroatoms. The smallest absolute Gasteiger partial charge is 0.417 e. The highest BCUT2D eigenvalue weighted by Gasteiger charge is 2.72. The molecule has 1 aromatic rings. The maximum Gasteiger partial charge on any atom is 0.417 e. The second kappa shape index (κ2) is 5.90. The second-order valence-electron chi connectivity index (χ2n) is 8.61. The van der Waals surface area contributed by atoms with Crippen LogP contribution >= 0.6 is 24.2 Å². The third-order valence-electron chi connectivity index (χ3n) is 7.34. The molecule has 1 heterocycles. The molecule has 2 bridgehead atoms. The molecular formula is C20H24ClNO3S. The molecule has 3 fully saturated rings. The lowest BCUT2D eigenvalue weighted by atomic mass is 9.69. The van der Waals surface area contributed by atoms with Crippen LogP contribution < -0.4 is 0 Å². The summed E-state index contributed by atoms with van der Waals surface area (Å²) in [6, 6.07) is 7.12. The van der Waals surface area contributed by atoms with Crippen molar-refractivity contribution in [1.82, 2.24) is 4.90 Å². The van der Waals surface area contributed by atoms with Gasteiger partial charge in [-0.25, -0.2) is 9.69 Å². The van der Waals surface area contributed by atoms with Crippen molar-refractivity contribution in [3.05, 3.63) is 34.9 Å². The van der Waals surface area contributed by atoms with Crippen LogP contribution in [0, 0.1) is 16.7 Å². The Hall–Kier alpha value is -1.20. The highest BCUT2D eigenvalue weighted by Crippen LogP contribution is 2.68. The molecule has 0 spiro atoms. The van der Waals surface area contributed by atoms with Crippen LogP contribution in [-0.2, 0) is 9.53 Å². The molecule has 0 unspecified atom stereocenters. The number of carbonyl (C=O) groups excluding carboxylic acids is 2. The largest absolute Gasteiger partial charge is 0.443 e. The lowest BCUT2D eigenvalue weighted by Crippen LogP contribution is -2.50. The van der Waals surface area contributed by atoms with E-state index in [-0.39, 0.29) is 40.6 Å². The zero-order valence-electron chi connectivity index (χ0n) is 15.2. The molecule has 1 saturated heterocycles. The molecular weight excluding hydrogens is 370 g/mol. The van der Waals surface area contributed by atoms with Crippen LogP contribution in [-0.4, -0.2) is 29.0 Å². The second-order valence-corrected chi connectivity index (χ2v) is 9.67. The number of thiol groups is 1. The molecule has 0 radical (unpaired) electrons. The Morgan fingerprint density at radius 1 is 1.35 bits per heavy atom. The van der Waals surface area contributed by atoms with Crippen molar-refractivity contribution >= 4 is 36.2 Å². The molecule has 0 aromatic heterocycles. The van der Waals surface area contributed by atoms with E-state index in [0.29, 0.717) is 10.9 Å².